The minimum Gasteiger partial charge on any atom is -0.462 e. The Bertz CT molecular complexity index is 517. The van der Waals surface area contributed by atoms with Crippen LogP contribution in [0.2, 0.25) is 0 Å². The van der Waals surface area contributed by atoms with Gasteiger partial charge in [0.1, 0.15) is 6.61 Å². The fraction of sp³-hybridized carbons (Fsp3) is 0.400. The van der Waals surface area contributed by atoms with Crippen LogP contribution in [0.1, 0.15) is 30.1 Å². The Hall–Kier alpha value is -1.99. The Morgan fingerprint density at radius 1 is 1.23 bits per heavy atom. The average Bonchev–Trinajstić information content (AvgIpc) is 2.48. The molecule has 1 aromatic carbocycles. The van der Waals surface area contributed by atoms with Crippen molar-refractivity contribution in [1.29, 1.82) is 0 Å². The number of hydrogen-bond acceptors (Lipinski definition) is 5. The van der Waals surface area contributed by atoms with Crippen molar-refractivity contribution in [2.24, 2.45) is 0 Å². The molecule has 0 aliphatic rings. The molecule has 0 saturated heterocycles. The van der Waals surface area contributed by atoms with Gasteiger partial charge in [-0.3, -0.25) is 4.79 Å². The monoisotopic (exact) mass is 324 g/mol. The van der Waals surface area contributed by atoms with Gasteiger partial charge in [-0.15, -0.1) is 0 Å². The second-order valence-electron chi connectivity index (χ2n) is 4.50. The predicted octanol–water partition coefficient (Wildman–Crippen LogP) is 2.10. The molecule has 2 N–H and O–H groups in total. The molecule has 0 spiro atoms. The van der Waals surface area contributed by atoms with Crippen molar-refractivity contribution in [2.75, 3.05) is 25.6 Å². The van der Waals surface area contributed by atoms with Crippen LogP contribution in [0.15, 0.2) is 24.3 Å². The zero-order valence-electron chi connectivity index (χ0n) is 12.7. The molecular formula is C15H20N2O4S. The maximum absolute atomic E-state index is 11.7. The highest BCUT2D eigenvalue weighted by Gasteiger charge is 2.08. The first-order valence-electron chi connectivity index (χ1n) is 6.93. The third-order valence-corrected chi connectivity index (χ3v) is 2.84. The predicted molar refractivity (Wildman–Crippen MR) is 87.9 cm³/mol. The molecule has 0 atom stereocenters. The van der Waals surface area contributed by atoms with Crippen molar-refractivity contribution in [1.82, 2.24) is 5.32 Å². The number of rotatable bonds is 7. The number of carbonyl (C=O) groups is 2. The summed E-state index contributed by atoms with van der Waals surface area (Å²) in [6, 6.07) is 6.64. The summed E-state index contributed by atoms with van der Waals surface area (Å²) in [6.45, 7) is 2.39. The first-order valence-corrected chi connectivity index (χ1v) is 7.34. The minimum absolute atomic E-state index is 0.0651. The second-order valence-corrected chi connectivity index (χ2v) is 4.91. The molecule has 1 amide bonds. The van der Waals surface area contributed by atoms with E-state index < -0.39 is 0 Å². The van der Waals surface area contributed by atoms with Gasteiger partial charge < -0.3 is 20.1 Å². The van der Waals surface area contributed by atoms with Crippen molar-refractivity contribution in [3.63, 3.8) is 0 Å². The highest BCUT2D eigenvalue weighted by molar-refractivity contribution is 7.80. The normalized spacial score (nSPS) is 9.91. The van der Waals surface area contributed by atoms with Crippen molar-refractivity contribution in [3.05, 3.63) is 29.8 Å². The SMILES string of the molecule is CCCCOC(=O)c1ccc(NC(=S)NC(=O)COC)cc1. The van der Waals surface area contributed by atoms with Crippen LogP contribution in [-0.4, -0.2) is 37.3 Å². The summed E-state index contributed by atoms with van der Waals surface area (Å²) in [5.41, 5.74) is 1.13. The highest BCUT2D eigenvalue weighted by Crippen LogP contribution is 2.10. The molecule has 0 fully saturated rings. The third-order valence-electron chi connectivity index (χ3n) is 2.64. The van der Waals surface area contributed by atoms with Gasteiger partial charge in [-0.2, -0.15) is 0 Å². The number of amides is 1. The summed E-state index contributed by atoms with van der Waals surface area (Å²) in [4.78, 5) is 23.0. The summed E-state index contributed by atoms with van der Waals surface area (Å²) < 4.78 is 9.80. The summed E-state index contributed by atoms with van der Waals surface area (Å²) in [5.74, 6) is -0.688. The van der Waals surface area contributed by atoms with E-state index >= 15 is 0 Å². The van der Waals surface area contributed by atoms with E-state index in [4.69, 9.17) is 17.0 Å². The topological polar surface area (TPSA) is 76.7 Å². The Kier molecular flexibility index (Phi) is 8.09. The Morgan fingerprint density at radius 2 is 1.91 bits per heavy atom. The quantitative estimate of drug-likeness (QED) is 0.454. The van der Waals surface area contributed by atoms with Gasteiger partial charge in [0.05, 0.1) is 12.2 Å². The zero-order chi connectivity index (χ0) is 16.4. The number of carbonyl (C=O) groups excluding carboxylic acids is 2. The number of ether oxygens (including phenoxy) is 2. The fourth-order valence-corrected chi connectivity index (χ4v) is 1.77. The van der Waals surface area contributed by atoms with E-state index in [0.29, 0.717) is 17.9 Å². The molecule has 0 bridgehead atoms. The van der Waals surface area contributed by atoms with Crippen LogP contribution in [0.4, 0.5) is 5.69 Å². The molecule has 0 aliphatic carbocycles. The standard InChI is InChI=1S/C15H20N2O4S/c1-3-4-9-21-14(19)11-5-7-12(8-6-11)16-15(22)17-13(18)10-20-2/h5-8H,3-4,9-10H2,1-2H3,(H2,16,17,18,22). The molecule has 22 heavy (non-hydrogen) atoms. The van der Waals surface area contributed by atoms with Crippen LogP contribution in [0, 0.1) is 0 Å². The summed E-state index contributed by atoms with van der Waals surface area (Å²) in [6.07, 6.45) is 1.82. The number of benzene rings is 1. The highest BCUT2D eigenvalue weighted by atomic mass is 32.1. The fourth-order valence-electron chi connectivity index (χ4n) is 1.54. The molecule has 0 radical (unpaired) electrons. The summed E-state index contributed by atoms with van der Waals surface area (Å²) >= 11 is 4.99. The second kappa shape index (κ2) is 9.86. The smallest absolute Gasteiger partial charge is 0.338 e. The average molecular weight is 324 g/mol. The number of thiocarbonyl (C=S) groups is 1. The molecule has 0 unspecified atom stereocenters. The van der Waals surface area contributed by atoms with Crippen molar-refractivity contribution in [2.45, 2.75) is 19.8 Å². The van der Waals surface area contributed by atoms with Gasteiger partial charge >= 0.3 is 5.97 Å². The van der Waals surface area contributed by atoms with E-state index in [-0.39, 0.29) is 23.6 Å². The molecule has 0 saturated carbocycles. The van der Waals surface area contributed by atoms with Gasteiger partial charge in [-0.1, -0.05) is 13.3 Å². The number of esters is 1. The van der Waals surface area contributed by atoms with E-state index in [0.717, 1.165) is 12.8 Å². The maximum atomic E-state index is 11.7. The molecule has 7 heteroatoms. The molecule has 0 heterocycles. The van der Waals surface area contributed by atoms with E-state index in [1.807, 2.05) is 6.92 Å². The maximum Gasteiger partial charge on any atom is 0.338 e. The van der Waals surface area contributed by atoms with Crippen LogP contribution < -0.4 is 10.6 Å². The lowest BCUT2D eigenvalue weighted by molar-refractivity contribution is -0.123. The largest absolute Gasteiger partial charge is 0.462 e. The van der Waals surface area contributed by atoms with Crippen molar-refractivity contribution >= 4 is 34.9 Å². The Morgan fingerprint density at radius 3 is 2.50 bits per heavy atom. The van der Waals surface area contributed by atoms with E-state index in [1.165, 1.54) is 7.11 Å². The van der Waals surface area contributed by atoms with Gasteiger partial charge in [0.2, 0.25) is 0 Å². The van der Waals surface area contributed by atoms with Gasteiger partial charge in [-0.05, 0) is 42.9 Å². The summed E-state index contributed by atoms with van der Waals surface area (Å²) in [5, 5.41) is 5.47. The Balaban J connectivity index is 2.49. The molecule has 1 aromatic rings. The minimum atomic E-state index is -0.351. The lowest BCUT2D eigenvalue weighted by atomic mass is 10.2. The number of nitrogens with one attached hydrogen (secondary N) is 2. The van der Waals surface area contributed by atoms with Gasteiger partial charge in [0.15, 0.2) is 5.11 Å². The van der Waals surface area contributed by atoms with Crippen LogP contribution in [-0.2, 0) is 14.3 Å². The van der Waals surface area contributed by atoms with E-state index in [2.05, 4.69) is 15.4 Å². The zero-order valence-corrected chi connectivity index (χ0v) is 13.5. The van der Waals surface area contributed by atoms with Gasteiger partial charge in [0.25, 0.3) is 5.91 Å². The van der Waals surface area contributed by atoms with Gasteiger partial charge in [0, 0.05) is 12.8 Å². The van der Waals surface area contributed by atoms with Crippen molar-refractivity contribution < 1.29 is 19.1 Å². The van der Waals surface area contributed by atoms with Crippen LogP contribution >= 0.6 is 12.2 Å². The molecule has 0 aliphatic heterocycles. The van der Waals surface area contributed by atoms with Crippen molar-refractivity contribution in [3.8, 4) is 0 Å². The van der Waals surface area contributed by atoms with E-state index in [1.54, 1.807) is 24.3 Å². The van der Waals surface area contributed by atoms with E-state index in [9.17, 15) is 9.59 Å². The molecule has 0 aromatic heterocycles. The number of methoxy groups -OCH3 is 1. The number of unbranched alkanes of at least 4 members (excludes halogenated alkanes) is 1. The molecular weight excluding hydrogens is 304 g/mol. The van der Waals surface area contributed by atoms with Crippen LogP contribution in [0.5, 0.6) is 0 Å². The van der Waals surface area contributed by atoms with Crippen LogP contribution in [0.3, 0.4) is 0 Å². The Labute approximate surface area is 135 Å². The first kappa shape index (κ1) is 18.1. The lowest BCUT2D eigenvalue weighted by Gasteiger charge is -2.10. The summed E-state index contributed by atoms with van der Waals surface area (Å²) in [7, 11) is 1.42. The molecule has 6 nitrogen and oxygen atoms in total. The molecule has 120 valence electrons. The number of anilines is 1. The molecule has 1 rings (SSSR count). The number of hydrogen-bond donors (Lipinski definition) is 2. The first-order chi connectivity index (χ1) is 10.6. The van der Waals surface area contributed by atoms with Crippen LogP contribution in [0.25, 0.3) is 0 Å². The third kappa shape index (κ3) is 6.64. The lowest BCUT2D eigenvalue weighted by Crippen LogP contribution is -2.36. The van der Waals surface area contributed by atoms with Gasteiger partial charge in [-0.25, -0.2) is 4.79 Å².